The summed E-state index contributed by atoms with van der Waals surface area (Å²) in [6, 6.07) is 0. The molecule has 3 heteroatoms. The number of rotatable bonds is 4. The Kier molecular flexibility index (Phi) is 5.10. The zero-order chi connectivity index (χ0) is 11.3. The van der Waals surface area contributed by atoms with Gasteiger partial charge in [0.05, 0.1) is 18.8 Å². The highest BCUT2D eigenvalue weighted by Crippen LogP contribution is 2.10. The number of morpholine rings is 1. The first-order valence-corrected chi connectivity index (χ1v) is 5.57. The number of nitrogens with zero attached hydrogens (tertiary/aromatic N) is 1. The Morgan fingerprint density at radius 3 is 2.87 bits per heavy atom. The zero-order valence-corrected chi connectivity index (χ0v) is 9.90. The molecule has 0 aromatic rings. The van der Waals surface area contributed by atoms with E-state index in [2.05, 4.69) is 17.7 Å². The van der Waals surface area contributed by atoms with Gasteiger partial charge in [0.2, 0.25) is 0 Å². The Morgan fingerprint density at radius 1 is 1.53 bits per heavy atom. The maximum Gasteiger partial charge on any atom is 0.130 e. The molecule has 0 aromatic carbocycles. The molecule has 15 heavy (non-hydrogen) atoms. The summed E-state index contributed by atoms with van der Waals surface area (Å²) in [4.78, 5) is 2.31. The van der Waals surface area contributed by atoms with E-state index in [0.717, 1.165) is 26.2 Å². The summed E-state index contributed by atoms with van der Waals surface area (Å²) >= 11 is 0. The van der Waals surface area contributed by atoms with E-state index in [9.17, 15) is 0 Å². The molecule has 0 N–H and O–H groups in total. The fourth-order valence-corrected chi connectivity index (χ4v) is 1.73. The SMILES string of the molecule is C#C[C@@H]1CN(CCOC(C)C)C[C@H](C)O1. The Morgan fingerprint density at radius 2 is 2.27 bits per heavy atom. The molecule has 86 valence electrons. The second-order valence-corrected chi connectivity index (χ2v) is 4.28. The van der Waals surface area contributed by atoms with Crippen LogP contribution in [0.15, 0.2) is 0 Å². The van der Waals surface area contributed by atoms with Crippen LogP contribution in [0.3, 0.4) is 0 Å². The van der Waals surface area contributed by atoms with E-state index < -0.39 is 0 Å². The highest BCUT2D eigenvalue weighted by atomic mass is 16.5. The van der Waals surface area contributed by atoms with Gasteiger partial charge in [0.15, 0.2) is 0 Å². The van der Waals surface area contributed by atoms with Gasteiger partial charge in [-0.15, -0.1) is 6.42 Å². The summed E-state index contributed by atoms with van der Waals surface area (Å²) in [6.45, 7) is 9.62. The lowest BCUT2D eigenvalue weighted by Crippen LogP contribution is -2.47. The van der Waals surface area contributed by atoms with Crippen molar-refractivity contribution < 1.29 is 9.47 Å². The van der Waals surface area contributed by atoms with E-state index in [-0.39, 0.29) is 12.2 Å². The monoisotopic (exact) mass is 211 g/mol. The molecule has 2 atom stereocenters. The van der Waals surface area contributed by atoms with Gasteiger partial charge in [0.1, 0.15) is 6.10 Å². The first kappa shape index (κ1) is 12.5. The van der Waals surface area contributed by atoms with Crippen molar-refractivity contribution in [2.24, 2.45) is 0 Å². The predicted molar refractivity (Wildman–Crippen MR) is 60.7 cm³/mol. The van der Waals surface area contributed by atoms with Crippen molar-refractivity contribution in [3.8, 4) is 12.3 Å². The lowest BCUT2D eigenvalue weighted by atomic mass is 10.2. The lowest BCUT2D eigenvalue weighted by molar-refractivity contribution is -0.0592. The van der Waals surface area contributed by atoms with Crippen LogP contribution < -0.4 is 0 Å². The third-order valence-electron chi connectivity index (χ3n) is 2.38. The van der Waals surface area contributed by atoms with Gasteiger partial charge in [-0.3, -0.25) is 4.90 Å². The molecule has 3 nitrogen and oxygen atoms in total. The van der Waals surface area contributed by atoms with E-state index in [4.69, 9.17) is 15.9 Å². The summed E-state index contributed by atoms with van der Waals surface area (Å²) in [5.41, 5.74) is 0. The highest BCUT2D eigenvalue weighted by Gasteiger charge is 2.23. The van der Waals surface area contributed by atoms with E-state index in [1.165, 1.54) is 0 Å². The predicted octanol–water partition coefficient (Wildman–Crippen LogP) is 1.13. The Labute approximate surface area is 92.7 Å². The summed E-state index contributed by atoms with van der Waals surface area (Å²) in [5, 5.41) is 0. The van der Waals surface area contributed by atoms with Crippen LogP contribution in [0.1, 0.15) is 20.8 Å². The molecule has 1 aliphatic heterocycles. The van der Waals surface area contributed by atoms with Crippen molar-refractivity contribution in [1.29, 1.82) is 0 Å². The molecule has 0 aromatic heterocycles. The van der Waals surface area contributed by atoms with Crippen LogP contribution in [0.25, 0.3) is 0 Å². The van der Waals surface area contributed by atoms with Crippen LogP contribution in [-0.2, 0) is 9.47 Å². The maximum atomic E-state index is 5.57. The van der Waals surface area contributed by atoms with Crippen LogP contribution in [0, 0.1) is 12.3 Å². The molecule has 0 aliphatic carbocycles. The van der Waals surface area contributed by atoms with Crippen molar-refractivity contribution in [1.82, 2.24) is 4.90 Å². The molecule has 0 amide bonds. The topological polar surface area (TPSA) is 21.7 Å². The van der Waals surface area contributed by atoms with Crippen molar-refractivity contribution in [2.75, 3.05) is 26.2 Å². The van der Waals surface area contributed by atoms with Crippen molar-refractivity contribution >= 4 is 0 Å². The average Bonchev–Trinajstić information content (AvgIpc) is 2.16. The van der Waals surface area contributed by atoms with Gasteiger partial charge in [-0.1, -0.05) is 5.92 Å². The molecular weight excluding hydrogens is 190 g/mol. The lowest BCUT2D eigenvalue weighted by Gasteiger charge is -2.34. The van der Waals surface area contributed by atoms with Gasteiger partial charge in [0, 0.05) is 19.6 Å². The molecule has 0 radical (unpaired) electrons. The maximum absolute atomic E-state index is 5.57. The van der Waals surface area contributed by atoms with Crippen LogP contribution in [0.4, 0.5) is 0 Å². The first-order valence-electron chi connectivity index (χ1n) is 5.57. The third kappa shape index (κ3) is 4.65. The minimum atomic E-state index is -0.0622. The molecule has 0 unspecified atom stereocenters. The third-order valence-corrected chi connectivity index (χ3v) is 2.38. The van der Waals surface area contributed by atoms with Crippen LogP contribution >= 0.6 is 0 Å². The molecule has 1 fully saturated rings. The van der Waals surface area contributed by atoms with E-state index in [1.54, 1.807) is 0 Å². The van der Waals surface area contributed by atoms with Crippen molar-refractivity contribution in [3.05, 3.63) is 0 Å². The minimum absolute atomic E-state index is 0.0622. The van der Waals surface area contributed by atoms with Crippen molar-refractivity contribution in [3.63, 3.8) is 0 Å². The molecular formula is C12H21NO2. The normalized spacial score (nSPS) is 27.9. The average molecular weight is 211 g/mol. The Bertz CT molecular complexity index is 222. The highest BCUT2D eigenvalue weighted by molar-refractivity contribution is 4.98. The summed E-state index contributed by atoms with van der Waals surface area (Å²) < 4.78 is 11.1. The summed E-state index contributed by atoms with van der Waals surface area (Å²) in [6.07, 6.45) is 5.83. The number of ether oxygens (including phenoxy) is 2. The van der Waals surface area contributed by atoms with Crippen LogP contribution in [0.2, 0.25) is 0 Å². The van der Waals surface area contributed by atoms with Gasteiger partial charge in [-0.25, -0.2) is 0 Å². The number of hydrogen-bond acceptors (Lipinski definition) is 3. The van der Waals surface area contributed by atoms with Crippen LogP contribution in [-0.4, -0.2) is 49.5 Å². The smallest absolute Gasteiger partial charge is 0.130 e. The van der Waals surface area contributed by atoms with Gasteiger partial charge in [-0.05, 0) is 20.8 Å². The molecule has 0 saturated carbocycles. The second-order valence-electron chi connectivity index (χ2n) is 4.28. The van der Waals surface area contributed by atoms with Gasteiger partial charge in [0.25, 0.3) is 0 Å². The standard InChI is InChI=1S/C12H21NO2/c1-5-12-9-13(8-11(4)15-12)6-7-14-10(2)3/h1,10-12H,6-9H2,2-4H3/t11-,12+/m0/s1. The largest absolute Gasteiger partial charge is 0.377 e. The number of terminal acetylenes is 1. The fraction of sp³-hybridized carbons (Fsp3) is 0.833. The minimum Gasteiger partial charge on any atom is -0.377 e. The molecule has 1 rings (SSSR count). The van der Waals surface area contributed by atoms with Crippen molar-refractivity contribution in [2.45, 2.75) is 39.1 Å². The fourth-order valence-electron chi connectivity index (χ4n) is 1.73. The Hall–Kier alpha value is -0.560. The van der Waals surface area contributed by atoms with E-state index in [1.807, 2.05) is 13.8 Å². The van der Waals surface area contributed by atoms with Gasteiger partial charge < -0.3 is 9.47 Å². The van der Waals surface area contributed by atoms with E-state index in [0.29, 0.717) is 6.10 Å². The van der Waals surface area contributed by atoms with Crippen LogP contribution in [0.5, 0.6) is 0 Å². The molecule has 0 bridgehead atoms. The molecule has 1 saturated heterocycles. The molecule has 1 heterocycles. The summed E-state index contributed by atoms with van der Waals surface area (Å²) in [5.74, 6) is 2.66. The second kappa shape index (κ2) is 6.12. The van der Waals surface area contributed by atoms with E-state index >= 15 is 0 Å². The molecule has 1 aliphatic rings. The summed E-state index contributed by atoms with van der Waals surface area (Å²) in [7, 11) is 0. The number of hydrogen-bond donors (Lipinski definition) is 0. The Balaban J connectivity index is 2.26. The van der Waals surface area contributed by atoms with Gasteiger partial charge >= 0.3 is 0 Å². The van der Waals surface area contributed by atoms with Gasteiger partial charge in [-0.2, -0.15) is 0 Å². The first-order chi connectivity index (χ1) is 7.11. The quantitative estimate of drug-likeness (QED) is 0.651. The zero-order valence-electron chi connectivity index (χ0n) is 9.90. The molecule has 0 spiro atoms.